The molecule has 7 heteroatoms. The molecule has 0 aliphatic carbocycles. The van der Waals surface area contributed by atoms with Crippen LogP contribution in [0.1, 0.15) is 106 Å². The number of rotatable bonds is 7. The Bertz CT molecular complexity index is 4050. The predicted molar refractivity (Wildman–Crippen MR) is 299 cm³/mol. The van der Waals surface area contributed by atoms with E-state index in [1.807, 2.05) is 87.6 Å². The first-order chi connectivity index (χ1) is 35.4. The minimum Gasteiger partial charge on any atom is -0.501 e. The molecule has 0 N–H and O–H groups in total. The van der Waals surface area contributed by atoms with Crippen molar-refractivity contribution in [2.45, 2.75) is 92.9 Å². The fourth-order valence-electron chi connectivity index (χ4n) is 9.96. The van der Waals surface area contributed by atoms with E-state index in [4.69, 9.17) is 13.8 Å². The third-order valence-electron chi connectivity index (χ3n) is 13.4. The third-order valence-corrected chi connectivity index (χ3v) is 13.4. The van der Waals surface area contributed by atoms with E-state index in [1.165, 1.54) is 22.3 Å². The van der Waals surface area contributed by atoms with Crippen LogP contribution >= 0.6 is 0 Å². The van der Waals surface area contributed by atoms with Crippen LogP contribution in [0.25, 0.3) is 105 Å². The van der Waals surface area contributed by atoms with Crippen LogP contribution in [0.4, 0.5) is 0 Å². The summed E-state index contributed by atoms with van der Waals surface area (Å²) in [5, 5.41) is 5.96. The Kier molecular flexibility index (Phi) is 12.4. The van der Waals surface area contributed by atoms with Crippen molar-refractivity contribution in [3.8, 4) is 39.6 Å². The van der Waals surface area contributed by atoms with Crippen molar-refractivity contribution in [3.63, 3.8) is 0 Å². The van der Waals surface area contributed by atoms with E-state index in [0.29, 0.717) is 11.1 Å². The Balaban J connectivity index is 0.000000323. The molecule has 0 saturated heterocycles. The van der Waals surface area contributed by atoms with Gasteiger partial charge in [-0.15, -0.1) is 54.1 Å². The predicted octanol–water partition coefficient (Wildman–Crippen LogP) is 18.2. The molecule has 0 aliphatic rings. The van der Waals surface area contributed by atoms with Crippen LogP contribution in [-0.4, -0.2) is 19.5 Å². The van der Waals surface area contributed by atoms with Crippen LogP contribution in [0.5, 0.6) is 0 Å². The second kappa shape index (κ2) is 19.3. The van der Waals surface area contributed by atoms with Crippen molar-refractivity contribution < 1.29 is 31.7 Å². The number of hydrogen-bond acceptors (Lipinski definition) is 5. The van der Waals surface area contributed by atoms with Crippen molar-refractivity contribution in [1.82, 2.24) is 19.5 Å². The van der Waals surface area contributed by atoms with Crippen molar-refractivity contribution >= 4 is 65.7 Å². The van der Waals surface area contributed by atoms with E-state index >= 15 is 0 Å². The van der Waals surface area contributed by atoms with Gasteiger partial charge in [-0.25, -0.2) is 0 Å². The largest absolute Gasteiger partial charge is 0.501 e. The fraction of sp³-hybridized carbons (Fsp3) is 0.227. The standard InChI is InChI=1S/C52H45N2O2.C14H15N2.Ir/c1-30(2)39-25-35(33-14-9-8-10-15-33)26-40(31(3)4)48(39)54-49-41-24-32(29-52(5,6)7)20-21-34(41)22-23-44(49)53-51(54)38-18-13-17-37-43-28-46-42(27-47(43)56-50(37)38)36-16-11-12-19-45(36)55-46;1-14(2,3)12-9-10-15-13(16-12)11-7-5-4-6-8-11;/h8-17,19-28,30-31H,29H2,1-7H3;4-7,9-10H,1-3H3;/q2*-1;/i29D2;;. The van der Waals surface area contributed by atoms with E-state index in [1.54, 1.807) is 0 Å². The number of aromatic nitrogens is 4. The zero-order valence-electron chi connectivity index (χ0n) is 45.1. The van der Waals surface area contributed by atoms with E-state index in [-0.39, 0.29) is 37.4 Å². The van der Waals surface area contributed by atoms with Crippen molar-refractivity contribution in [2.75, 3.05) is 0 Å². The SMILES string of the molecule is CC(C)(C)c1ccnc(-c2[c-]cccc2)n1.[2H]C([2H])(c1ccc2ccc3nc(-c4[c-]ccc5c4oc4cc6c(cc45)oc4ccccc46)n(-c4c(C(C)C)cc(-c5ccccc5)cc4C(C)C)c3c2c1)C(C)(C)C.[Ir]. The number of nitrogens with zero attached hydrogens (tertiary/aromatic N) is 4. The molecule has 73 heavy (non-hydrogen) atoms. The zero-order valence-corrected chi connectivity index (χ0v) is 45.5. The zero-order chi connectivity index (χ0) is 51.8. The topological polar surface area (TPSA) is 69.9 Å². The first-order valence-electron chi connectivity index (χ1n) is 26.1. The number of furan rings is 2. The molecule has 0 fully saturated rings. The van der Waals surface area contributed by atoms with Gasteiger partial charge in [0.05, 0.1) is 28.3 Å². The molecule has 0 spiro atoms. The van der Waals surface area contributed by atoms with Crippen LogP contribution < -0.4 is 0 Å². The Morgan fingerprint density at radius 3 is 1.99 bits per heavy atom. The van der Waals surface area contributed by atoms with Gasteiger partial charge in [0.1, 0.15) is 16.7 Å². The molecule has 6 nitrogen and oxygen atoms in total. The Morgan fingerprint density at radius 2 is 1.29 bits per heavy atom. The molecule has 0 bridgehead atoms. The summed E-state index contributed by atoms with van der Waals surface area (Å²) in [6, 6.07) is 58.3. The molecule has 8 aromatic carbocycles. The smallest absolute Gasteiger partial charge is 0.136 e. The second-order valence-corrected chi connectivity index (χ2v) is 21.6. The van der Waals surface area contributed by atoms with Crippen molar-refractivity contribution in [2.24, 2.45) is 5.41 Å². The van der Waals surface area contributed by atoms with Crippen molar-refractivity contribution in [3.05, 3.63) is 192 Å². The molecular weight excluding hydrogens is 1070 g/mol. The van der Waals surface area contributed by atoms with Gasteiger partial charge in [-0.2, -0.15) is 0 Å². The van der Waals surface area contributed by atoms with Crippen LogP contribution in [-0.2, 0) is 31.9 Å². The average Bonchev–Trinajstić information content (AvgIpc) is 4.09. The van der Waals surface area contributed by atoms with Gasteiger partial charge < -0.3 is 13.4 Å². The maximum atomic E-state index is 9.30. The molecule has 367 valence electrons. The minimum absolute atomic E-state index is 0. The van der Waals surface area contributed by atoms with Crippen LogP contribution in [0.15, 0.2) is 167 Å². The molecule has 0 aliphatic heterocycles. The van der Waals surface area contributed by atoms with E-state index in [2.05, 4.69) is 166 Å². The van der Waals surface area contributed by atoms with E-state index in [9.17, 15) is 2.74 Å². The van der Waals surface area contributed by atoms with Gasteiger partial charge in [-0.3, -0.25) is 15.0 Å². The normalized spacial score (nSPS) is 12.8. The summed E-state index contributed by atoms with van der Waals surface area (Å²) >= 11 is 0. The number of fused-ring (bicyclic) bond motifs is 9. The fourth-order valence-corrected chi connectivity index (χ4v) is 9.96. The quantitative estimate of drug-likeness (QED) is 0.149. The summed E-state index contributed by atoms with van der Waals surface area (Å²) in [7, 11) is 0. The number of hydrogen-bond donors (Lipinski definition) is 0. The molecule has 12 aromatic rings. The van der Waals surface area contributed by atoms with Gasteiger partial charge >= 0.3 is 0 Å². The maximum absolute atomic E-state index is 9.30. The number of para-hydroxylation sites is 1. The first-order valence-corrected chi connectivity index (χ1v) is 25.1. The van der Waals surface area contributed by atoms with Gasteiger partial charge in [-0.1, -0.05) is 147 Å². The summed E-state index contributed by atoms with van der Waals surface area (Å²) in [5.41, 5.74) is 13.6. The molecule has 0 atom stereocenters. The summed E-state index contributed by atoms with van der Waals surface area (Å²) in [6.45, 7) is 21.4. The summed E-state index contributed by atoms with van der Waals surface area (Å²) < 4.78 is 34.2. The maximum Gasteiger partial charge on any atom is 0.136 e. The van der Waals surface area contributed by atoms with Crippen LogP contribution in [0.3, 0.4) is 0 Å². The van der Waals surface area contributed by atoms with Crippen molar-refractivity contribution in [1.29, 1.82) is 0 Å². The third kappa shape index (κ3) is 9.42. The second-order valence-electron chi connectivity index (χ2n) is 21.6. The van der Waals surface area contributed by atoms with Gasteiger partial charge in [0.2, 0.25) is 0 Å². The average molecular weight is 1140 g/mol. The summed E-state index contributed by atoms with van der Waals surface area (Å²) in [5.74, 6) is 1.80. The van der Waals surface area contributed by atoms with Gasteiger partial charge in [0.15, 0.2) is 0 Å². The number of imidazole rings is 1. The minimum atomic E-state index is -1.58. The first kappa shape index (κ1) is 46.9. The molecule has 1 radical (unpaired) electrons. The van der Waals surface area contributed by atoms with Gasteiger partial charge in [0.25, 0.3) is 0 Å². The monoisotopic (exact) mass is 1140 g/mol. The van der Waals surface area contributed by atoms with Crippen LogP contribution in [0, 0.1) is 17.5 Å². The Morgan fingerprint density at radius 1 is 0.603 bits per heavy atom. The van der Waals surface area contributed by atoms with E-state index < -0.39 is 11.8 Å². The molecule has 4 aromatic heterocycles. The van der Waals surface area contributed by atoms with E-state index in [0.717, 1.165) is 94.3 Å². The van der Waals surface area contributed by atoms with Gasteiger partial charge in [0, 0.05) is 67.4 Å². The summed E-state index contributed by atoms with van der Waals surface area (Å²) in [6.07, 6.45) is 0.225. The molecule has 12 rings (SSSR count). The molecule has 4 heterocycles. The van der Waals surface area contributed by atoms with Crippen LogP contribution in [0.2, 0.25) is 0 Å². The molecular formula is C66H60IrN4O2-2. The Labute approximate surface area is 444 Å². The molecule has 0 amide bonds. The summed E-state index contributed by atoms with van der Waals surface area (Å²) in [4.78, 5) is 14.3. The molecule has 0 unspecified atom stereocenters. The number of benzene rings is 8. The van der Waals surface area contributed by atoms with Gasteiger partial charge in [-0.05, 0) is 105 Å². The Hall–Kier alpha value is -7.18. The molecule has 0 saturated carbocycles.